The molecule has 0 aromatic rings. The van der Waals surface area contributed by atoms with Gasteiger partial charge in [-0.15, -0.1) is 0 Å². The summed E-state index contributed by atoms with van der Waals surface area (Å²) in [4.78, 5) is 71.7. The number of methoxy groups -OCH3 is 3. The fraction of sp³-hybridized carbons (Fsp3) is 0.706. The zero-order valence-corrected chi connectivity index (χ0v) is 40.4. The van der Waals surface area contributed by atoms with Gasteiger partial charge in [-0.1, -0.05) is 70.2 Å². The Morgan fingerprint density at radius 1 is 0.877 bits per heavy atom. The Kier molecular flexibility index (Phi) is 20.7. The third-order valence-electron chi connectivity index (χ3n) is 14.1. The third kappa shape index (κ3) is 14.2. The molecular formula is C51H77NO13. The monoisotopic (exact) mass is 912 g/mol. The number of nitrogens with zero attached hydrogens (tertiary/aromatic N) is 1. The van der Waals surface area contributed by atoms with Gasteiger partial charge in [0.2, 0.25) is 0 Å². The third-order valence-corrected chi connectivity index (χ3v) is 14.1. The second-order valence-corrected chi connectivity index (χ2v) is 19.2. The molecule has 0 aromatic carbocycles. The first-order valence-corrected chi connectivity index (χ1v) is 23.6. The van der Waals surface area contributed by atoms with E-state index in [1.54, 1.807) is 40.2 Å². The first kappa shape index (κ1) is 54.0. The number of allylic oxidation sites excluding steroid dienone is 6. The van der Waals surface area contributed by atoms with Crippen molar-refractivity contribution in [1.29, 1.82) is 0 Å². The van der Waals surface area contributed by atoms with E-state index in [9.17, 15) is 39.3 Å². The van der Waals surface area contributed by atoms with Crippen LogP contribution in [0.3, 0.4) is 0 Å². The summed E-state index contributed by atoms with van der Waals surface area (Å²) in [7, 11) is 4.50. The predicted octanol–water partition coefficient (Wildman–Crippen LogP) is 6.10. The fourth-order valence-electron chi connectivity index (χ4n) is 9.81. The van der Waals surface area contributed by atoms with Crippen molar-refractivity contribution < 1.29 is 63.0 Å². The van der Waals surface area contributed by atoms with Gasteiger partial charge in [-0.2, -0.15) is 0 Å². The second-order valence-electron chi connectivity index (χ2n) is 19.2. The topological polar surface area (TPSA) is 195 Å². The lowest BCUT2D eigenvalue weighted by Crippen LogP contribution is -2.58. The van der Waals surface area contributed by atoms with Gasteiger partial charge in [0.25, 0.3) is 17.5 Å². The zero-order valence-electron chi connectivity index (χ0n) is 40.4. The molecular weight excluding hydrogens is 835 g/mol. The first-order chi connectivity index (χ1) is 30.7. The van der Waals surface area contributed by atoms with Crippen LogP contribution < -0.4 is 0 Å². The van der Waals surface area contributed by atoms with Gasteiger partial charge in [-0.3, -0.25) is 19.2 Å². The predicted molar refractivity (Wildman–Crippen MR) is 245 cm³/mol. The van der Waals surface area contributed by atoms with E-state index in [0.29, 0.717) is 50.5 Å². The number of rotatable bonds is 6. The van der Waals surface area contributed by atoms with E-state index >= 15 is 0 Å². The molecule has 14 nitrogen and oxygen atoms in total. The van der Waals surface area contributed by atoms with Crippen LogP contribution in [0.15, 0.2) is 59.3 Å². The lowest BCUT2D eigenvalue weighted by molar-refractivity contribution is -0.215. The number of aliphatic hydroxyl groups excluding tert-OH is 2. The Morgan fingerprint density at radius 3 is 2.28 bits per heavy atom. The lowest BCUT2D eigenvalue weighted by atomic mass is 9.78. The van der Waals surface area contributed by atoms with Crippen molar-refractivity contribution in [3.05, 3.63) is 59.3 Å². The molecule has 3 N–H and O–H groups in total. The Balaban J connectivity index is 1.71. The maximum atomic E-state index is 14.4. The van der Waals surface area contributed by atoms with Crippen molar-refractivity contribution in [2.45, 2.75) is 174 Å². The molecule has 0 spiro atoms. The fourth-order valence-corrected chi connectivity index (χ4v) is 9.81. The number of fused-ring (bicyclic) bond motifs is 3. The summed E-state index contributed by atoms with van der Waals surface area (Å²) < 4.78 is 29.3. The summed E-state index contributed by atoms with van der Waals surface area (Å²) in [5.74, 6) is -7.55. The minimum absolute atomic E-state index is 0.0139. The van der Waals surface area contributed by atoms with Gasteiger partial charge in [0.05, 0.1) is 24.4 Å². The van der Waals surface area contributed by atoms with Crippen LogP contribution in [0.4, 0.5) is 0 Å². The molecule has 3 heterocycles. The number of ketones is 3. The van der Waals surface area contributed by atoms with Crippen LogP contribution in [0.2, 0.25) is 0 Å². The van der Waals surface area contributed by atoms with Crippen LogP contribution in [-0.4, -0.2) is 132 Å². The lowest BCUT2D eigenvalue weighted by Gasteiger charge is -2.39. The molecule has 364 valence electrons. The average Bonchev–Trinajstić information content (AvgIpc) is 3.28. The van der Waals surface area contributed by atoms with Crippen LogP contribution in [0.5, 0.6) is 0 Å². The maximum Gasteiger partial charge on any atom is 0.329 e. The molecule has 0 radical (unpaired) electrons. The Bertz CT molecular complexity index is 1820. The molecule has 2 fully saturated rings. The molecule has 3 aliphatic heterocycles. The number of piperidine rings is 1. The number of ether oxygens (including phenoxy) is 5. The number of aliphatic hydroxyl groups is 3. The normalized spacial score (nSPS) is 39.2. The van der Waals surface area contributed by atoms with E-state index in [4.69, 9.17) is 23.7 Å². The minimum Gasteiger partial charge on any atom is -0.460 e. The van der Waals surface area contributed by atoms with Crippen LogP contribution >= 0.6 is 0 Å². The first-order valence-electron chi connectivity index (χ1n) is 23.6. The molecule has 0 unspecified atom stereocenters. The Labute approximate surface area is 386 Å². The van der Waals surface area contributed by atoms with Gasteiger partial charge in [0, 0.05) is 52.6 Å². The highest BCUT2D eigenvalue weighted by Gasteiger charge is 2.50. The molecule has 14 heteroatoms. The van der Waals surface area contributed by atoms with Crippen molar-refractivity contribution in [2.24, 2.45) is 29.6 Å². The number of carbonyl (C=O) groups is 5. The van der Waals surface area contributed by atoms with E-state index in [1.807, 2.05) is 58.1 Å². The van der Waals surface area contributed by atoms with Crippen molar-refractivity contribution >= 4 is 29.2 Å². The number of Topliss-reactive ketones (excluding diaryl/α,β-unsaturated/α-hetero) is 3. The summed E-state index contributed by atoms with van der Waals surface area (Å²) in [6.45, 7) is 12.5. The second kappa shape index (κ2) is 24.9. The quantitative estimate of drug-likeness (QED) is 0.157. The highest BCUT2D eigenvalue weighted by molar-refractivity contribution is 6.39. The Hall–Kier alpha value is -3.63. The minimum atomic E-state index is -2.57. The summed E-state index contributed by atoms with van der Waals surface area (Å²) in [5.41, 5.74) is 1.41. The van der Waals surface area contributed by atoms with Crippen molar-refractivity contribution in [1.82, 2.24) is 4.90 Å². The summed E-state index contributed by atoms with van der Waals surface area (Å²) in [5, 5.41) is 33.8. The SMILES string of the molecule is CO[C@H]1C[C@@H]2CC=C(C)[C@@](O)(O2)C(=O)C(=O)N2CCCC[C@H]2C(=O)O[C@H]([C@H](C)C[C@@H]2CC[C@@H](O)[C@H](OC)C2)CC(=O)[C@H](C)/C=C(\C)[C@@H](O)[C@@H](OC)C(=O)[C@H](C)C[C@H](C)/C=C/C=C/C=C/1C. The van der Waals surface area contributed by atoms with E-state index in [2.05, 4.69) is 0 Å². The maximum absolute atomic E-state index is 14.4. The van der Waals surface area contributed by atoms with Gasteiger partial charge in [-0.05, 0) is 113 Å². The molecule has 2 bridgehead atoms. The highest BCUT2D eigenvalue weighted by Crippen LogP contribution is 2.36. The van der Waals surface area contributed by atoms with Crippen LogP contribution in [-0.2, 0) is 47.7 Å². The summed E-state index contributed by atoms with van der Waals surface area (Å²) in [6.07, 6.45) is 12.0. The molecule has 0 aromatic heterocycles. The van der Waals surface area contributed by atoms with Gasteiger partial charge in [0.15, 0.2) is 5.78 Å². The number of hydrogen-bond donors (Lipinski definition) is 3. The van der Waals surface area contributed by atoms with Gasteiger partial charge < -0.3 is 43.9 Å². The van der Waals surface area contributed by atoms with Crippen LogP contribution in [0.1, 0.15) is 119 Å². The molecule has 1 saturated heterocycles. The van der Waals surface area contributed by atoms with E-state index in [0.717, 1.165) is 16.9 Å². The average molecular weight is 912 g/mol. The summed E-state index contributed by atoms with van der Waals surface area (Å²) >= 11 is 0. The molecule has 1 amide bonds. The molecule has 65 heavy (non-hydrogen) atoms. The standard InChI is InChI=1S/C51H77NO13/c1-30-16-12-11-13-17-31(2)42(61-8)28-38-21-19-36(7)51(60,65-38)48(57)49(58)52-23-15-14-18-39(52)50(59)64-43(33(4)26-37-20-22-40(53)44(27-37)62-9)29-41(54)32(3)25-35(6)46(56)47(63-10)45(55)34(5)24-30/h11-13,16-17,19,25,30,32-34,37-40,42-44,46-47,53,56,60H,14-15,18,20-24,26-29H2,1-10H3/b13-11+,16-12+,31-17+,35-25+/t30-,32-,33-,34-,37+,38+,39+,40-,42+,43+,44-,46-,47+,51-/m1/s1. The number of carbonyl (C=O) groups excluding carboxylic acids is 5. The summed E-state index contributed by atoms with van der Waals surface area (Å²) in [6, 6.07) is -1.16. The molecule has 1 aliphatic carbocycles. The van der Waals surface area contributed by atoms with Crippen molar-refractivity contribution in [3.63, 3.8) is 0 Å². The largest absolute Gasteiger partial charge is 0.460 e. The van der Waals surface area contributed by atoms with Crippen LogP contribution in [0.25, 0.3) is 0 Å². The highest BCUT2D eigenvalue weighted by atomic mass is 16.6. The van der Waals surface area contributed by atoms with Crippen molar-refractivity contribution in [3.8, 4) is 0 Å². The smallest absolute Gasteiger partial charge is 0.329 e. The molecule has 4 rings (SSSR count). The zero-order chi connectivity index (χ0) is 48.2. The molecule has 1 saturated carbocycles. The van der Waals surface area contributed by atoms with E-state index in [1.165, 1.54) is 14.0 Å². The van der Waals surface area contributed by atoms with Crippen molar-refractivity contribution in [2.75, 3.05) is 27.9 Å². The number of esters is 1. The number of amides is 1. The van der Waals surface area contributed by atoms with E-state index in [-0.39, 0.29) is 66.8 Å². The van der Waals surface area contributed by atoms with E-state index < -0.39 is 77.9 Å². The molecule has 4 aliphatic rings. The number of cyclic esters (lactones) is 1. The van der Waals surface area contributed by atoms with Gasteiger partial charge >= 0.3 is 5.97 Å². The van der Waals surface area contributed by atoms with Crippen LogP contribution in [0, 0.1) is 29.6 Å². The Morgan fingerprint density at radius 2 is 1.60 bits per heavy atom. The van der Waals surface area contributed by atoms with Gasteiger partial charge in [-0.25, -0.2) is 4.79 Å². The van der Waals surface area contributed by atoms with Gasteiger partial charge in [0.1, 0.15) is 30.1 Å². The molecule has 14 atom stereocenters. The number of hydrogen-bond acceptors (Lipinski definition) is 13.